The number of carbonyl (C=O) groups excluding carboxylic acids is 1. The van der Waals surface area contributed by atoms with E-state index < -0.39 is 5.38 Å². The van der Waals surface area contributed by atoms with Crippen LogP contribution in [0.5, 0.6) is 0 Å². The first-order valence-electron chi connectivity index (χ1n) is 6.23. The summed E-state index contributed by atoms with van der Waals surface area (Å²) in [7, 11) is 0. The van der Waals surface area contributed by atoms with Crippen LogP contribution in [0, 0.1) is 0 Å². The Balaban J connectivity index is 2.15. The van der Waals surface area contributed by atoms with Crippen molar-refractivity contribution in [3.05, 3.63) is 17.5 Å². The van der Waals surface area contributed by atoms with Crippen molar-refractivity contribution < 1.29 is 9.90 Å². The Kier molecular flexibility index (Phi) is 4.24. The summed E-state index contributed by atoms with van der Waals surface area (Å²) in [6.07, 6.45) is 4.64. The van der Waals surface area contributed by atoms with Crippen LogP contribution >= 0.6 is 11.6 Å². The quantitative estimate of drug-likeness (QED) is 0.803. The van der Waals surface area contributed by atoms with Crippen LogP contribution in [0.1, 0.15) is 37.1 Å². The van der Waals surface area contributed by atoms with Crippen molar-refractivity contribution in [2.24, 2.45) is 0 Å². The maximum Gasteiger partial charge on any atom is 0.238 e. The number of halogens is 1. The second-order valence-electron chi connectivity index (χ2n) is 4.56. The van der Waals surface area contributed by atoms with Gasteiger partial charge in [-0.2, -0.15) is 5.10 Å². The molecule has 1 aliphatic rings. The molecule has 0 aromatic carbocycles. The molecule has 2 atom stereocenters. The predicted molar refractivity (Wildman–Crippen MR) is 68.4 cm³/mol. The summed E-state index contributed by atoms with van der Waals surface area (Å²) in [6.45, 7) is 2.24. The minimum Gasteiger partial charge on any atom is -0.394 e. The van der Waals surface area contributed by atoms with Gasteiger partial charge in [-0.15, -0.1) is 11.6 Å². The number of aliphatic hydroxyl groups excluding tert-OH is 1. The number of alkyl halides is 1. The number of fused-ring (bicyclic) bond motifs is 1. The molecule has 1 aliphatic carbocycles. The van der Waals surface area contributed by atoms with Gasteiger partial charge in [0.15, 0.2) is 0 Å². The molecule has 5 nitrogen and oxygen atoms in total. The minimum atomic E-state index is -0.525. The molecule has 2 unspecified atom stereocenters. The molecule has 2 N–H and O–H groups in total. The Hall–Kier alpha value is -1.07. The standard InChI is InChI=1S/C12H18ClN3O2/c1-8(13)12(18)15-10-3-2-4-11-9(10)7-14-16(11)5-6-17/h7-8,10,17H,2-6H2,1H3,(H,15,18). The van der Waals surface area contributed by atoms with Crippen molar-refractivity contribution in [3.63, 3.8) is 0 Å². The van der Waals surface area contributed by atoms with Crippen molar-refractivity contribution in [3.8, 4) is 0 Å². The zero-order valence-corrected chi connectivity index (χ0v) is 11.2. The van der Waals surface area contributed by atoms with Gasteiger partial charge in [0.2, 0.25) is 5.91 Å². The summed E-state index contributed by atoms with van der Waals surface area (Å²) in [6, 6.07) is -0.00473. The number of carbonyl (C=O) groups is 1. The molecule has 1 aromatic heterocycles. The third kappa shape index (κ3) is 2.67. The van der Waals surface area contributed by atoms with Crippen LogP contribution in [0.15, 0.2) is 6.20 Å². The molecule has 0 radical (unpaired) electrons. The van der Waals surface area contributed by atoms with Gasteiger partial charge in [-0.05, 0) is 26.2 Å². The third-order valence-corrected chi connectivity index (χ3v) is 3.45. The van der Waals surface area contributed by atoms with Gasteiger partial charge in [-0.3, -0.25) is 9.48 Å². The van der Waals surface area contributed by atoms with Crippen molar-refractivity contribution in [2.45, 2.75) is 44.1 Å². The number of amides is 1. The largest absolute Gasteiger partial charge is 0.394 e. The van der Waals surface area contributed by atoms with Crippen LogP contribution in [0.3, 0.4) is 0 Å². The molecule has 1 aromatic rings. The van der Waals surface area contributed by atoms with Gasteiger partial charge in [0.1, 0.15) is 5.38 Å². The van der Waals surface area contributed by atoms with Crippen LogP contribution in [0.2, 0.25) is 0 Å². The maximum atomic E-state index is 11.6. The lowest BCUT2D eigenvalue weighted by Gasteiger charge is -2.24. The molecular formula is C12H18ClN3O2. The van der Waals surface area contributed by atoms with Crippen molar-refractivity contribution in [1.82, 2.24) is 15.1 Å². The zero-order chi connectivity index (χ0) is 13.1. The highest BCUT2D eigenvalue weighted by atomic mass is 35.5. The molecular weight excluding hydrogens is 254 g/mol. The topological polar surface area (TPSA) is 67.2 Å². The number of hydrogen-bond donors (Lipinski definition) is 2. The number of rotatable bonds is 4. The van der Waals surface area contributed by atoms with E-state index in [2.05, 4.69) is 10.4 Å². The van der Waals surface area contributed by atoms with Gasteiger partial charge in [-0.25, -0.2) is 0 Å². The molecule has 2 rings (SSSR count). The molecule has 6 heteroatoms. The third-order valence-electron chi connectivity index (χ3n) is 3.25. The second kappa shape index (κ2) is 5.71. The number of nitrogens with zero attached hydrogens (tertiary/aromatic N) is 2. The van der Waals surface area contributed by atoms with Gasteiger partial charge >= 0.3 is 0 Å². The lowest BCUT2D eigenvalue weighted by atomic mass is 9.93. The van der Waals surface area contributed by atoms with Gasteiger partial charge in [-0.1, -0.05) is 0 Å². The van der Waals surface area contributed by atoms with E-state index in [0.29, 0.717) is 6.54 Å². The molecule has 1 heterocycles. The maximum absolute atomic E-state index is 11.6. The minimum absolute atomic E-state index is 0.00473. The summed E-state index contributed by atoms with van der Waals surface area (Å²) in [5, 5.41) is 15.7. The number of aromatic nitrogens is 2. The van der Waals surface area contributed by atoms with Crippen LogP contribution < -0.4 is 5.32 Å². The summed E-state index contributed by atoms with van der Waals surface area (Å²) >= 11 is 5.76. The Morgan fingerprint density at radius 2 is 2.56 bits per heavy atom. The first kappa shape index (κ1) is 13.4. The van der Waals surface area contributed by atoms with Gasteiger partial charge < -0.3 is 10.4 Å². The lowest BCUT2D eigenvalue weighted by molar-refractivity contribution is -0.121. The van der Waals surface area contributed by atoms with E-state index in [0.717, 1.165) is 30.5 Å². The van der Waals surface area contributed by atoms with Crippen molar-refractivity contribution in [2.75, 3.05) is 6.61 Å². The van der Waals surface area contributed by atoms with Crippen molar-refractivity contribution in [1.29, 1.82) is 0 Å². The molecule has 0 fully saturated rings. The van der Waals surface area contributed by atoms with E-state index in [-0.39, 0.29) is 18.6 Å². The molecule has 0 spiro atoms. The Morgan fingerprint density at radius 3 is 3.22 bits per heavy atom. The van der Waals surface area contributed by atoms with Crippen LogP contribution in [0.25, 0.3) is 0 Å². The number of hydrogen-bond acceptors (Lipinski definition) is 3. The van der Waals surface area contributed by atoms with Gasteiger partial charge in [0, 0.05) is 11.3 Å². The highest BCUT2D eigenvalue weighted by Crippen LogP contribution is 2.29. The smallest absolute Gasteiger partial charge is 0.238 e. The van der Waals surface area contributed by atoms with E-state index >= 15 is 0 Å². The van der Waals surface area contributed by atoms with E-state index in [1.54, 1.807) is 13.1 Å². The average Bonchev–Trinajstić information content (AvgIpc) is 2.74. The SMILES string of the molecule is CC(Cl)C(=O)NC1CCCc2c1cnn2CCO. The average molecular weight is 272 g/mol. The first-order valence-corrected chi connectivity index (χ1v) is 6.67. The number of aliphatic hydroxyl groups is 1. The summed E-state index contributed by atoms with van der Waals surface area (Å²) in [5.41, 5.74) is 2.17. The molecule has 0 saturated carbocycles. The zero-order valence-electron chi connectivity index (χ0n) is 10.4. The fraction of sp³-hybridized carbons (Fsp3) is 0.667. The van der Waals surface area contributed by atoms with Crippen molar-refractivity contribution >= 4 is 17.5 Å². The Morgan fingerprint density at radius 1 is 1.78 bits per heavy atom. The summed E-state index contributed by atoms with van der Waals surface area (Å²) < 4.78 is 1.82. The summed E-state index contributed by atoms with van der Waals surface area (Å²) in [5.74, 6) is -0.149. The predicted octanol–water partition coefficient (Wildman–Crippen LogP) is 0.996. The van der Waals surface area contributed by atoms with Gasteiger partial charge in [0.05, 0.1) is 25.4 Å². The molecule has 100 valence electrons. The first-order chi connectivity index (χ1) is 8.63. The molecule has 0 aliphatic heterocycles. The van der Waals surface area contributed by atoms with E-state index in [9.17, 15) is 4.79 Å². The second-order valence-corrected chi connectivity index (χ2v) is 5.22. The highest BCUT2D eigenvalue weighted by molar-refractivity contribution is 6.30. The molecule has 18 heavy (non-hydrogen) atoms. The summed E-state index contributed by atoms with van der Waals surface area (Å²) in [4.78, 5) is 11.6. The fourth-order valence-corrected chi connectivity index (χ4v) is 2.41. The van der Waals surface area contributed by atoms with Crippen LogP contribution in [-0.2, 0) is 17.8 Å². The fourth-order valence-electron chi connectivity index (χ4n) is 2.34. The normalized spacial score (nSPS) is 20.3. The Bertz CT molecular complexity index is 431. The monoisotopic (exact) mass is 271 g/mol. The molecule has 1 amide bonds. The number of nitrogens with one attached hydrogen (secondary N) is 1. The van der Waals surface area contributed by atoms with E-state index in [1.807, 2.05) is 4.68 Å². The van der Waals surface area contributed by atoms with Crippen LogP contribution in [-0.4, -0.2) is 32.8 Å². The lowest BCUT2D eigenvalue weighted by Crippen LogP contribution is -2.35. The van der Waals surface area contributed by atoms with E-state index in [1.165, 1.54) is 0 Å². The molecule has 0 bridgehead atoms. The van der Waals surface area contributed by atoms with Gasteiger partial charge in [0.25, 0.3) is 0 Å². The highest BCUT2D eigenvalue weighted by Gasteiger charge is 2.26. The Labute approximate surface area is 111 Å². The van der Waals surface area contributed by atoms with E-state index in [4.69, 9.17) is 16.7 Å². The molecule has 0 saturated heterocycles. The van der Waals surface area contributed by atoms with Crippen LogP contribution in [0.4, 0.5) is 0 Å².